The molecule has 0 saturated heterocycles. The number of methoxy groups -OCH3 is 1. The molecule has 38 heavy (non-hydrogen) atoms. The Balaban J connectivity index is 1.60. The molecular formula is C27H31N7O3S. The highest BCUT2D eigenvalue weighted by Crippen LogP contribution is 2.24. The van der Waals surface area contributed by atoms with Crippen LogP contribution in [0.3, 0.4) is 0 Å². The first-order chi connectivity index (χ1) is 18.3. The van der Waals surface area contributed by atoms with Gasteiger partial charge in [-0.25, -0.2) is 14.8 Å². The summed E-state index contributed by atoms with van der Waals surface area (Å²) in [5, 5.41) is 6.04. The molecule has 0 aliphatic carbocycles. The van der Waals surface area contributed by atoms with Gasteiger partial charge in [-0.2, -0.15) is 0 Å². The molecule has 4 rings (SSSR count). The highest BCUT2D eigenvalue weighted by Gasteiger charge is 2.30. The van der Waals surface area contributed by atoms with Crippen molar-refractivity contribution < 1.29 is 14.3 Å². The van der Waals surface area contributed by atoms with E-state index in [0.29, 0.717) is 24.9 Å². The number of hydrogen-bond donors (Lipinski definition) is 2. The second-order valence-electron chi connectivity index (χ2n) is 9.00. The van der Waals surface area contributed by atoms with E-state index in [1.165, 1.54) is 23.3 Å². The highest BCUT2D eigenvalue weighted by molar-refractivity contribution is 7.09. The van der Waals surface area contributed by atoms with Gasteiger partial charge in [0.15, 0.2) is 0 Å². The zero-order valence-corrected chi connectivity index (χ0v) is 22.4. The second-order valence-corrected chi connectivity index (χ2v) is 9.94. The van der Waals surface area contributed by atoms with Crippen LogP contribution in [0.2, 0.25) is 0 Å². The Kier molecular flexibility index (Phi) is 8.70. The summed E-state index contributed by atoms with van der Waals surface area (Å²) in [6.07, 6.45) is 7.75. The largest absolute Gasteiger partial charge is 0.453 e. The summed E-state index contributed by atoms with van der Waals surface area (Å²) in [4.78, 5) is 40.5. The molecule has 2 atom stereocenters. The van der Waals surface area contributed by atoms with Crippen molar-refractivity contribution in [2.75, 3.05) is 19.9 Å². The number of nitrogens with one attached hydrogen (secondary N) is 1. The summed E-state index contributed by atoms with van der Waals surface area (Å²) in [5.41, 5.74) is 10.2. The third-order valence-corrected chi connectivity index (χ3v) is 7.19. The van der Waals surface area contributed by atoms with Crippen molar-refractivity contribution in [3.05, 3.63) is 94.2 Å². The minimum absolute atomic E-state index is 0.303. The number of carbonyl (C=O) groups excluding carboxylic acids is 2. The van der Waals surface area contributed by atoms with Gasteiger partial charge >= 0.3 is 6.09 Å². The molecule has 3 N–H and O–H groups in total. The minimum Gasteiger partial charge on any atom is -0.453 e. The molecule has 2 amide bonds. The fraction of sp³-hybridized carbons (Fsp3) is 0.296. The van der Waals surface area contributed by atoms with Gasteiger partial charge in [-0.05, 0) is 41.8 Å². The number of imidazole rings is 1. The van der Waals surface area contributed by atoms with E-state index in [0.717, 1.165) is 27.5 Å². The molecule has 0 radical (unpaired) electrons. The fourth-order valence-electron chi connectivity index (χ4n) is 4.08. The molecule has 10 nitrogen and oxygen atoms in total. The molecule has 198 valence electrons. The quantitative estimate of drug-likeness (QED) is 0.300. The topological polar surface area (TPSA) is 128 Å². The number of ether oxygens (including phenoxy) is 1. The number of likely N-dealkylation sites (N-methyl/N-ethyl adjacent to an activating group) is 1. The maximum atomic E-state index is 13.7. The Labute approximate surface area is 225 Å². The summed E-state index contributed by atoms with van der Waals surface area (Å²) in [5.74, 6) is -0.309. The van der Waals surface area contributed by atoms with E-state index in [-0.39, 0.29) is 5.91 Å². The predicted molar refractivity (Wildman–Crippen MR) is 145 cm³/mol. The highest BCUT2D eigenvalue weighted by atomic mass is 32.1. The molecule has 3 aromatic heterocycles. The SMILES string of the molecule is COC(=O)N(C)[C@@H](Cc1ccncc1)C(=O)N[C@@H](Cc1ccc(N)cc1)c1csc(Cc2cncn2C)n1. The zero-order chi connectivity index (χ0) is 27.1. The molecule has 0 unspecified atom stereocenters. The number of thiazole rings is 1. The number of aryl methyl sites for hydroxylation is 1. The third-order valence-electron chi connectivity index (χ3n) is 6.32. The summed E-state index contributed by atoms with van der Waals surface area (Å²) in [6.45, 7) is 0. The lowest BCUT2D eigenvalue weighted by Gasteiger charge is -2.28. The Hall–Kier alpha value is -4.25. The Morgan fingerprint density at radius 1 is 1.11 bits per heavy atom. The molecule has 0 aliphatic heterocycles. The van der Waals surface area contributed by atoms with Crippen LogP contribution in [-0.2, 0) is 35.8 Å². The van der Waals surface area contributed by atoms with Crippen molar-refractivity contribution in [2.45, 2.75) is 31.3 Å². The van der Waals surface area contributed by atoms with Crippen molar-refractivity contribution in [3.8, 4) is 0 Å². The van der Waals surface area contributed by atoms with Gasteiger partial charge in [0.05, 0.1) is 30.2 Å². The molecule has 0 saturated carbocycles. The van der Waals surface area contributed by atoms with Gasteiger partial charge in [-0.1, -0.05) is 12.1 Å². The molecule has 3 heterocycles. The number of nitrogen functional groups attached to an aromatic ring is 1. The summed E-state index contributed by atoms with van der Waals surface area (Å²) in [7, 11) is 4.80. The van der Waals surface area contributed by atoms with Gasteiger partial charge in [0.2, 0.25) is 5.91 Å². The number of rotatable bonds is 10. The van der Waals surface area contributed by atoms with E-state index >= 15 is 0 Å². The van der Waals surface area contributed by atoms with Gasteiger partial charge in [0, 0.05) is 62.3 Å². The van der Waals surface area contributed by atoms with Crippen molar-refractivity contribution in [1.29, 1.82) is 0 Å². The molecule has 0 fully saturated rings. The molecule has 1 aromatic carbocycles. The second kappa shape index (κ2) is 12.3. The number of nitrogens with zero attached hydrogens (tertiary/aromatic N) is 5. The Bertz CT molecular complexity index is 1350. The first-order valence-electron chi connectivity index (χ1n) is 12.1. The number of pyridine rings is 1. The number of benzene rings is 1. The lowest BCUT2D eigenvalue weighted by Crippen LogP contribution is -2.50. The Morgan fingerprint density at radius 3 is 2.47 bits per heavy atom. The normalized spacial score (nSPS) is 12.5. The van der Waals surface area contributed by atoms with Crippen LogP contribution >= 0.6 is 11.3 Å². The smallest absolute Gasteiger partial charge is 0.409 e. The van der Waals surface area contributed by atoms with Crippen LogP contribution in [0.1, 0.15) is 33.6 Å². The summed E-state index contributed by atoms with van der Waals surface area (Å²) in [6, 6.07) is 9.96. The molecule has 0 aliphatic rings. The van der Waals surface area contributed by atoms with Crippen LogP contribution < -0.4 is 11.1 Å². The molecule has 0 bridgehead atoms. The number of aromatic nitrogens is 4. The van der Waals surface area contributed by atoms with Gasteiger partial charge in [0.1, 0.15) is 6.04 Å². The van der Waals surface area contributed by atoms with E-state index in [1.807, 2.05) is 59.6 Å². The molecule has 4 aromatic rings. The van der Waals surface area contributed by atoms with E-state index in [2.05, 4.69) is 15.3 Å². The van der Waals surface area contributed by atoms with Crippen molar-refractivity contribution >= 4 is 29.0 Å². The first-order valence-corrected chi connectivity index (χ1v) is 13.0. The maximum Gasteiger partial charge on any atom is 0.409 e. The number of anilines is 1. The zero-order valence-electron chi connectivity index (χ0n) is 21.6. The van der Waals surface area contributed by atoms with Crippen molar-refractivity contribution in [2.24, 2.45) is 7.05 Å². The van der Waals surface area contributed by atoms with Crippen LogP contribution in [0, 0.1) is 0 Å². The number of hydrogen-bond acceptors (Lipinski definition) is 8. The number of carbonyl (C=O) groups is 2. The van der Waals surface area contributed by atoms with E-state index in [1.54, 1.807) is 25.8 Å². The third kappa shape index (κ3) is 6.74. The lowest BCUT2D eigenvalue weighted by atomic mass is 10.0. The lowest BCUT2D eigenvalue weighted by molar-refractivity contribution is -0.126. The van der Waals surface area contributed by atoms with Crippen LogP contribution in [0.5, 0.6) is 0 Å². The van der Waals surface area contributed by atoms with Crippen LogP contribution in [0.15, 0.2) is 66.7 Å². The predicted octanol–water partition coefficient (Wildman–Crippen LogP) is 3.15. The van der Waals surface area contributed by atoms with Crippen LogP contribution in [0.4, 0.5) is 10.5 Å². The monoisotopic (exact) mass is 533 g/mol. The maximum absolute atomic E-state index is 13.7. The summed E-state index contributed by atoms with van der Waals surface area (Å²) >= 11 is 1.54. The average Bonchev–Trinajstić information content (AvgIpc) is 3.56. The van der Waals surface area contributed by atoms with Gasteiger partial charge in [-0.3, -0.25) is 14.7 Å². The Morgan fingerprint density at radius 2 is 1.82 bits per heavy atom. The average molecular weight is 534 g/mol. The van der Waals surface area contributed by atoms with E-state index in [4.69, 9.17) is 15.5 Å². The van der Waals surface area contributed by atoms with Gasteiger partial charge in [0.25, 0.3) is 0 Å². The number of nitrogens with two attached hydrogens (primary N) is 1. The molecule has 11 heteroatoms. The van der Waals surface area contributed by atoms with Crippen molar-refractivity contribution in [1.82, 2.24) is 29.7 Å². The van der Waals surface area contributed by atoms with Crippen LogP contribution in [-0.4, -0.2) is 56.6 Å². The van der Waals surface area contributed by atoms with Gasteiger partial charge in [-0.15, -0.1) is 11.3 Å². The standard InChI is InChI=1S/C27H31N7O3S/c1-33-17-30-15-21(33)14-25-31-23(16-38-25)22(12-18-4-6-20(28)7-5-18)32-26(35)24(34(2)27(36)37-3)13-19-8-10-29-11-9-19/h4-11,15-17,22,24H,12-14,28H2,1-3H3,(H,32,35)/t22-,24-/m0/s1. The van der Waals surface area contributed by atoms with E-state index in [9.17, 15) is 9.59 Å². The molecular weight excluding hydrogens is 502 g/mol. The van der Waals surface area contributed by atoms with Crippen LogP contribution in [0.25, 0.3) is 0 Å². The summed E-state index contributed by atoms with van der Waals surface area (Å²) < 4.78 is 6.86. The van der Waals surface area contributed by atoms with Crippen molar-refractivity contribution in [3.63, 3.8) is 0 Å². The molecule has 0 spiro atoms. The van der Waals surface area contributed by atoms with E-state index < -0.39 is 18.2 Å². The fourth-order valence-corrected chi connectivity index (χ4v) is 4.95. The number of amides is 2. The van der Waals surface area contributed by atoms with Gasteiger partial charge < -0.3 is 20.4 Å². The first kappa shape index (κ1) is 26.8. The minimum atomic E-state index is -0.800.